The third kappa shape index (κ3) is 3.72. The number of hydrogen-bond donors (Lipinski definition) is 1. The van der Waals surface area contributed by atoms with Gasteiger partial charge in [-0.05, 0) is 59.3 Å². The first-order chi connectivity index (χ1) is 12.4. The second-order valence-corrected chi connectivity index (χ2v) is 5.77. The van der Waals surface area contributed by atoms with Gasteiger partial charge in [0.2, 0.25) is 0 Å². The molecule has 0 aromatic heterocycles. The highest BCUT2D eigenvalue weighted by Gasteiger charge is 1.98. The Balaban J connectivity index is 1.48. The molecule has 0 atom stereocenters. The van der Waals surface area contributed by atoms with Gasteiger partial charge in [0.25, 0.3) is 0 Å². The Bertz CT molecular complexity index is 1010. The highest BCUT2D eigenvalue weighted by molar-refractivity contribution is 5.86. The summed E-state index contributed by atoms with van der Waals surface area (Å²) in [4.78, 5) is 0. The summed E-state index contributed by atoms with van der Waals surface area (Å²) < 4.78 is 0. The molecule has 4 aromatic rings. The number of nitrogens with zero attached hydrogens (tertiary/aromatic N) is 2. The van der Waals surface area contributed by atoms with Crippen molar-refractivity contribution < 1.29 is 0 Å². The predicted molar refractivity (Wildman–Crippen MR) is 104 cm³/mol. The summed E-state index contributed by atoms with van der Waals surface area (Å²) in [6.07, 6.45) is 0. The molecule has 0 unspecified atom stereocenters. The number of anilines is 2. The van der Waals surface area contributed by atoms with Gasteiger partial charge in [0, 0.05) is 11.4 Å². The highest BCUT2D eigenvalue weighted by atomic mass is 15.1. The first-order valence-corrected chi connectivity index (χ1v) is 8.19. The number of benzene rings is 4. The summed E-state index contributed by atoms with van der Waals surface area (Å²) in [6, 6.07) is 32.4. The molecule has 0 aliphatic heterocycles. The first-order valence-electron chi connectivity index (χ1n) is 8.19. The van der Waals surface area contributed by atoms with Gasteiger partial charge < -0.3 is 5.32 Å². The monoisotopic (exact) mass is 323 g/mol. The molecular weight excluding hydrogens is 306 g/mol. The molecule has 0 fully saturated rings. The molecule has 3 heteroatoms. The lowest BCUT2D eigenvalue weighted by Gasteiger charge is -2.08. The Kier molecular flexibility index (Phi) is 4.21. The molecule has 0 heterocycles. The van der Waals surface area contributed by atoms with Crippen LogP contribution in [0.5, 0.6) is 0 Å². The van der Waals surface area contributed by atoms with Gasteiger partial charge in [-0.15, -0.1) is 0 Å². The van der Waals surface area contributed by atoms with Crippen LogP contribution in [0.2, 0.25) is 0 Å². The lowest BCUT2D eigenvalue weighted by atomic mass is 10.1. The van der Waals surface area contributed by atoms with Crippen molar-refractivity contribution in [1.29, 1.82) is 0 Å². The van der Waals surface area contributed by atoms with Crippen LogP contribution in [-0.2, 0) is 0 Å². The highest BCUT2D eigenvalue weighted by Crippen LogP contribution is 2.24. The van der Waals surface area contributed by atoms with Crippen LogP contribution in [0.3, 0.4) is 0 Å². The zero-order valence-corrected chi connectivity index (χ0v) is 13.6. The van der Waals surface area contributed by atoms with E-state index in [-0.39, 0.29) is 0 Å². The molecule has 4 rings (SSSR count). The summed E-state index contributed by atoms with van der Waals surface area (Å²) >= 11 is 0. The van der Waals surface area contributed by atoms with Crippen molar-refractivity contribution in [2.45, 2.75) is 0 Å². The fourth-order valence-electron chi connectivity index (χ4n) is 2.66. The summed E-state index contributed by atoms with van der Waals surface area (Å²) in [5.74, 6) is 0. The zero-order valence-electron chi connectivity index (χ0n) is 13.6. The van der Waals surface area contributed by atoms with Gasteiger partial charge in [0.05, 0.1) is 11.4 Å². The van der Waals surface area contributed by atoms with Crippen molar-refractivity contribution in [2.75, 3.05) is 5.32 Å². The molecule has 0 spiro atoms. The Morgan fingerprint density at radius 1 is 0.480 bits per heavy atom. The first kappa shape index (κ1) is 15.1. The Morgan fingerprint density at radius 3 is 1.84 bits per heavy atom. The van der Waals surface area contributed by atoms with E-state index in [1.165, 1.54) is 10.8 Å². The van der Waals surface area contributed by atoms with Crippen LogP contribution in [0, 0.1) is 0 Å². The fraction of sp³-hybridized carbons (Fsp3) is 0. The predicted octanol–water partition coefficient (Wildman–Crippen LogP) is 7.00. The maximum atomic E-state index is 4.26. The van der Waals surface area contributed by atoms with Crippen LogP contribution in [0.15, 0.2) is 107 Å². The van der Waals surface area contributed by atoms with Crippen LogP contribution in [-0.4, -0.2) is 0 Å². The van der Waals surface area contributed by atoms with Crippen LogP contribution in [0.1, 0.15) is 0 Å². The standard InChI is InChI=1S/C22H17N3/c1-2-8-20(9-3-1)24-25-21-14-12-19(13-15-21)23-22-11-10-17-6-4-5-7-18(17)16-22/h1-16,23H. The number of rotatable bonds is 4. The normalized spacial score (nSPS) is 11.0. The van der Waals surface area contributed by atoms with E-state index < -0.39 is 0 Å². The van der Waals surface area contributed by atoms with Gasteiger partial charge >= 0.3 is 0 Å². The van der Waals surface area contributed by atoms with E-state index in [0.29, 0.717) is 0 Å². The fourth-order valence-corrected chi connectivity index (χ4v) is 2.66. The molecule has 3 nitrogen and oxygen atoms in total. The number of fused-ring (bicyclic) bond motifs is 1. The molecule has 0 aliphatic rings. The largest absolute Gasteiger partial charge is 0.356 e. The van der Waals surface area contributed by atoms with Gasteiger partial charge in [-0.1, -0.05) is 48.5 Å². The van der Waals surface area contributed by atoms with E-state index in [1.807, 2.05) is 54.6 Å². The second-order valence-electron chi connectivity index (χ2n) is 5.77. The lowest BCUT2D eigenvalue weighted by molar-refractivity contribution is 1.23. The van der Waals surface area contributed by atoms with E-state index in [4.69, 9.17) is 0 Å². The van der Waals surface area contributed by atoms with Crippen molar-refractivity contribution in [3.8, 4) is 0 Å². The number of hydrogen-bond acceptors (Lipinski definition) is 3. The van der Waals surface area contributed by atoms with E-state index in [2.05, 4.69) is 58.0 Å². The molecule has 4 aromatic carbocycles. The van der Waals surface area contributed by atoms with Crippen molar-refractivity contribution in [3.63, 3.8) is 0 Å². The molecule has 0 saturated heterocycles. The third-order valence-corrected chi connectivity index (χ3v) is 3.94. The average Bonchev–Trinajstić information content (AvgIpc) is 2.68. The Labute approximate surface area is 146 Å². The van der Waals surface area contributed by atoms with Crippen LogP contribution in [0.4, 0.5) is 22.7 Å². The molecule has 0 radical (unpaired) electrons. The van der Waals surface area contributed by atoms with Crippen molar-refractivity contribution in [2.24, 2.45) is 10.2 Å². The van der Waals surface area contributed by atoms with Crippen molar-refractivity contribution in [3.05, 3.63) is 97.1 Å². The van der Waals surface area contributed by atoms with Crippen molar-refractivity contribution >= 4 is 33.5 Å². The second kappa shape index (κ2) is 6.97. The van der Waals surface area contributed by atoms with Gasteiger partial charge in [-0.2, -0.15) is 10.2 Å². The maximum Gasteiger partial charge on any atom is 0.0858 e. The third-order valence-electron chi connectivity index (χ3n) is 3.94. The quantitative estimate of drug-likeness (QED) is 0.403. The van der Waals surface area contributed by atoms with E-state index in [9.17, 15) is 0 Å². The zero-order chi connectivity index (χ0) is 16.9. The molecule has 0 aliphatic carbocycles. The van der Waals surface area contributed by atoms with E-state index in [1.54, 1.807) is 0 Å². The Morgan fingerprint density at radius 2 is 1.08 bits per heavy atom. The maximum absolute atomic E-state index is 4.26. The van der Waals surface area contributed by atoms with Crippen LogP contribution in [0.25, 0.3) is 10.8 Å². The molecule has 1 N–H and O–H groups in total. The van der Waals surface area contributed by atoms with Gasteiger partial charge in [0.15, 0.2) is 0 Å². The minimum absolute atomic E-state index is 0.827. The van der Waals surface area contributed by atoms with Crippen LogP contribution >= 0.6 is 0 Å². The topological polar surface area (TPSA) is 36.8 Å². The van der Waals surface area contributed by atoms with Gasteiger partial charge in [0.1, 0.15) is 0 Å². The smallest absolute Gasteiger partial charge is 0.0858 e. The summed E-state index contributed by atoms with van der Waals surface area (Å²) in [6.45, 7) is 0. The molecule has 0 amide bonds. The molecule has 0 saturated carbocycles. The summed E-state index contributed by atoms with van der Waals surface area (Å²) in [5, 5.41) is 14.4. The molecule has 0 bridgehead atoms. The summed E-state index contributed by atoms with van der Waals surface area (Å²) in [7, 11) is 0. The minimum atomic E-state index is 0.827. The average molecular weight is 323 g/mol. The summed E-state index contributed by atoms with van der Waals surface area (Å²) in [5.41, 5.74) is 3.76. The SMILES string of the molecule is c1ccc(N=Nc2ccc(Nc3ccc4ccccc4c3)cc2)cc1. The van der Waals surface area contributed by atoms with Crippen LogP contribution < -0.4 is 5.32 Å². The molecular formula is C22H17N3. The van der Waals surface area contributed by atoms with E-state index >= 15 is 0 Å². The molecule has 25 heavy (non-hydrogen) atoms. The van der Waals surface area contributed by atoms with Gasteiger partial charge in [-0.3, -0.25) is 0 Å². The van der Waals surface area contributed by atoms with Gasteiger partial charge in [-0.25, -0.2) is 0 Å². The minimum Gasteiger partial charge on any atom is -0.356 e. The lowest BCUT2D eigenvalue weighted by Crippen LogP contribution is -1.89. The molecule has 120 valence electrons. The number of azo groups is 1. The van der Waals surface area contributed by atoms with Crippen molar-refractivity contribution in [1.82, 2.24) is 0 Å². The Hall–Kier alpha value is -3.46. The number of nitrogens with one attached hydrogen (secondary N) is 1. The van der Waals surface area contributed by atoms with E-state index in [0.717, 1.165) is 22.7 Å².